The Morgan fingerprint density at radius 1 is 1.30 bits per heavy atom. The molecule has 0 unspecified atom stereocenters. The standard InChI is InChI=1S/C16H15ClN4O2/c1-9-6-12(14(23-3)8-11(9)17)20-16(22)13-7-10(2)21-15(19-13)4-5-18-21/h4-8H,1-3H3,(H,20,22). The quantitative estimate of drug-likeness (QED) is 0.800. The molecule has 0 spiro atoms. The second-order valence-electron chi connectivity index (χ2n) is 5.14. The summed E-state index contributed by atoms with van der Waals surface area (Å²) in [6.45, 7) is 3.73. The Morgan fingerprint density at radius 3 is 2.83 bits per heavy atom. The van der Waals surface area contributed by atoms with E-state index >= 15 is 0 Å². The fraction of sp³-hybridized carbons (Fsp3) is 0.188. The molecule has 23 heavy (non-hydrogen) atoms. The van der Waals surface area contributed by atoms with E-state index in [9.17, 15) is 4.79 Å². The van der Waals surface area contributed by atoms with Gasteiger partial charge in [0.25, 0.3) is 5.91 Å². The highest BCUT2D eigenvalue weighted by Crippen LogP contribution is 2.31. The fourth-order valence-electron chi connectivity index (χ4n) is 2.30. The summed E-state index contributed by atoms with van der Waals surface area (Å²) in [5, 5.41) is 7.53. The third-order valence-electron chi connectivity index (χ3n) is 3.50. The summed E-state index contributed by atoms with van der Waals surface area (Å²) in [5.41, 5.74) is 3.15. The van der Waals surface area contributed by atoms with E-state index < -0.39 is 0 Å². The van der Waals surface area contributed by atoms with Gasteiger partial charge in [-0.15, -0.1) is 0 Å². The van der Waals surface area contributed by atoms with E-state index in [-0.39, 0.29) is 5.91 Å². The number of aryl methyl sites for hydroxylation is 2. The lowest BCUT2D eigenvalue weighted by molar-refractivity contribution is 0.102. The Bertz CT molecular complexity index is 904. The van der Waals surface area contributed by atoms with Gasteiger partial charge in [0.15, 0.2) is 5.65 Å². The normalized spacial score (nSPS) is 10.8. The fourth-order valence-corrected chi connectivity index (χ4v) is 2.45. The molecule has 0 bridgehead atoms. The van der Waals surface area contributed by atoms with Crippen LogP contribution in [-0.4, -0.2) is 27.6 Å². The Morgan fingerprint density at radius 2 is 2.09 bits per heavy atom. The summed E-state index contributed by atoms with van der Waals surface area (Å²) >= 11 is 6.08. The molecule has 3 rings (SSSR count). The number of rotatable bonds is 3. The van der Waals surface area contributed by atoms with Crippen molar-refractivity contribution in [2.75, 3.05) is 12.4 Å². The Hall–Kier alpha value is -2.60. The lowest BCUT2D eigenvalue weighted by Gasteiger charge is -2.12. The minimum absolute atomic E-state index is 0.310. The van der Waals surface area contributed by atoms with Crippen molar-refractivity contribution in [3.05, 3.63) is 52.4 Å². The molecule has 7 heteroatoms. The molecular weight excluding hydrogens is 316 g/mol. The van der Waals surface area contributed by atoms with Gasteiger partial charge in [-0.25, -0.2) is 9.50 Å². The summed E-state index contributed by atoms with van der Waals surface area (Å²) in [5.74, 6) is 0.174. The second kappa shape index (κ2) is 5.89. The highest BCUT2D eigenvalue weighted by molar-refractivity contribution is 6.31. The molecule has 1 N–H and O–H groups in total. The first kappa shape index (κ1) is 15.3. The van der Waals surface area contributed by atoms with Crippen molar-refractivity contribution in [2.24, 2.45) is 0 Å². The first-order valence-electron chi connectivity index (χ1n) is 6.96. The van der Waals surface area contributed by atoms with Gasteiger partial charge in [0.05, 0.1) is 19.0 Å². The first-order chi connectivity index (χ1) is 11.0. The Balaban J connectivity index is 1.96. The number of aromatic nitrogens is 3. The zero-order valence-electron chi connectivity index (χ0n) is 12.9. The van der Waals surface area contributed by atoms with Crippen molar-refractivity contribution in [2.45, 2.75) is 13.8 Å². The van der Waals surface area contributed by atoms with Crippen molar-refractivity contribution >= 4 is 28.8 Å². The maximum Gasteiger partial charge on any atom is 0.274 e. The molecule has 0 aliphatic heterocycles. The van der Waals surface area contributed by atoms with Crippen molar-refractivity contribution < 1.29 is 9.53 Å². The van der Waals surface area contributed by atoms with Crippen LogP contribution in [0.25, 0.3) is 5.65 Å². The van der Waals surface area contributed by atoms with Crippen molar-refractivity contribution in [3.63, 3.8) is 0 Å². The number of nitrogens with zero attached hydrogens (tertiary/aromatic N) is 3. The number of fused-ring (bicyclic) bond motifs is 1. The number of hydrogen-bond acceptors (Lipinski definition) is 4. The van der Waals surface area contributed by atoms with E-state index in [2.05, 4.69) is 15.4 Å². The highest BCUT2D eigenvalue weighted by atomic mass is 35.5. The van der Waals surface area contributed by atoms with Crippen LogP contribution in [0.3, 0.4) is 0 Å². The summed E-state index contributed by atoms with van der Waals surface area (Å²) in [6, 6.07) is 6.87. The number of hydrogen-bond donors (Lipinski definition) is 1. The molecule has 0 aliphatic carbocycles. The van der Waals surface area contributed by atoms with E-state index in [1.165, 1.54) is 7.11 Å². The minimum atomic E-state index is -0.322. The van der Waals surface area contributed by atoms with E-state index in [1.54, 1.807) is 35.0 Å². The summed E-state index contributed by atoms with van der Waals surface area (Å²) < 4.78 is 6.94. The zero-order valence-corrected chi connectivity index (χ0v) is 13.7. The van der Waals surface area contributed by atoms with Crippen LogP contribution in [0.15, 0.2) is 30.5 Å². The molecule has 1 aromatic carbocycles. The second-order valence-corrected chi connectivity index (χ2v) is 5.55. The van der Waals surface area contributed by atoms with Crippen LogP contribution in [0, 0.1) is 13.8 Å². The molecule has 2 aromatic heterocycles. The average Bonchev–Trinajstić information content (AvgIpc) is 2.99. The van der Waals surface area contributed by atoms with Crippen molar-refractivity contribution in [1.29, 1.82) is 0 Å². The van der Waals surface area contributed by atoms with Gasteiger partial charge in [0, 0.05) is 22.8 Å². The van der Waals surface area contributed by atoms with Crippen LogP contribution in [0.4, 0.5) is 5.69 Å². The molecule has 118 valence electrons. The summed E-state index contributed by atoms with van der Waals surface area (Å²) in [7, 11) is 1.53. The number of nitrogens with one attached hydrogen (secondary N) is 1. The third-order valence-corrected chi connectivity index (χ3v) is 3.91. The lowest BCUT2D eigenvalue weighted by atomic mass is 10.2. The number of anilines is 1. The predicted molar refractivity (Wildman–Crippen MR) is 88.4 cm³/mol. The van der Waals surface area contributed by atoms with Crippen LogP contribution in [0.2, 0.25) is 5.02 Å². The van der Waals surface area contributed by atoms with E-state index in [1.807, 2.05) is 13.8 Å². The van der Waals surface area contributed by atoms with Crippen LogP contribution in [0.1, 0.15) is 21.7 Å². The van der Waals surface area contributed by atoms with Gasteiger partial charge in [0.2, 0.25) is 0 Å². The molecular formula is C16H15ClN4O2. The van der Waals surface area contributed by atoms with Gasteiger partial charge in [-0.05, 0) is 31.5 Å². The largest absolute Gasteiger partial charge is 0.495 e. The number of carbonyl (C=O) groups excluding carboxylic acids is 1. The zero-order chi connectivity index (χ0) is 16.6. The Kier molecular flexibility index (Phi) is 3.92. The number of halogens is 1. The van der Waals surface area contributed by atoms with Crippen molar-refractivity contribution in [3.8, 4) is 5.75 Å². The van der Waals surface area contributed by atoms with Crippen LogP contribution < -0.4 is 10.1 Å². The van der Waals surface area contributed by atoms with E-state index in [0.717, 1.165) is 11.3 Å². The van der Waals surface area contributed by atoms with Crippen LogP contribution in [-0.2, 0) is 0 Å². The molecule has 1 amide bonds. The van der Waals surface area contributed by atoms with Gasteiger partial charge < -0.3 is 10.1 Å². The average molecular weight is 331 g/mol. The smallest absolute Gasteiger partial charge is 0.274 e. The number of ether oxygens (including phenoxy) is 1. The molecule has 3 aromatic rings. The number of benzene rings is 1. The predicted octanol–water partition coefficient (Wildman–Crippen LogP) is 3.26. The molecule has 0 fully saturated rings. The molecule has 0 saturated heterocycles. The van der Waals surface area contributed by atoms with E-state index in [0.29, 0.717) is 27.8 Å². The lowest BCUT2D eigenvalue weighted by Crippen LogP contribution is -2.16. The first-order valence-corrected chi connectivity index (χ1v) is 7.34. The van der Waals surface area contributed by atoms with Gasteiger partial charge >= 0.3 is 0 Å². The van der Waals surface area contributed by atoms with Crippen molar-refractivity contribution in [1.82, 2.24) is 14.6 Å². The maximum absolute atomic E-state index is 12.5. The number of carbonyl (C=O) groups is 1. The third kappa shape index (κ3) is 2.85. The SMILES string of the molecule is COc1cc(Cl)c(C)cc1NC(=O)c1cc(C)n2nccc2n1. The molecule has 6 nitrogen and oxygen atoms in total. The molecule has 0 aliphatic rings. The molecule has 0 saturated carbocycles. The molecule has 2 heterocycles. The van der Waals surface area contributed by atoms with Gasteiger partial charge in [-0.1, -0.05) is 11.6 Å². The Labute approximate surface area is 138 Å². The highest BCUT2D eigenvalue weighted by Gasteiger charge is 2.14. The minimum Gasteiger partial charge on any atom is -0.495 e. The van der Waals surface area contributed by atoms with Crippen LogP contribution >= 0.6 is 11.6 Å². The maximum atomic E-state index is 12.5. The topological polar surface area (TPSA) is 68.5 Å². The monoisotopic (exact) mass is 330 g/mol. The van der Waals surface area contributed by atoms with Gasteiger partial charge in [-0.2, -0.15) is 5.10 Å². The summed E-state index contributed by atoms with van der Waals surface area (Å²) in [4.78, 5) is 16.8. The summed E-state index contributed by atoms with van der Waals surface area (Å²) in [6.07, 6.45) is 1.64. The molecule has 0 radical (unpaired) electrons. The van der Waals surface area contributed by atoms with Crippen LogP contribution in [0.5, 0.6) is 5.75 Å². The number of amides is 1. The molecule has 0 atom stereocenters. The number of methoxy groups -OCH3 is 1. The van der Waals surface area contributed by atoms with Gasteiger partial charge in [0.1, 0.15) is 11.4 Å². The van der Waals surface area contributed by atoms with Gasteiger partial charge in [-0.3, -0.25) is 4.79 Å². The van der Waals surface area contributed by atoms with E-state index in [4.69, 9.17) is 16.3 Å².